The number of rotatable bonds is 5. The number of nitrogens with one attached hydrogen (secondary N) is 1. The van der Waals surface area contributed by atoms with Crippen LogP contribution in [0.2, 0.25) is 0 Å². The third-order valence-electron chi connectivity index (χ3n) is 1.21. The Balaban J connectivity index is 3.31. The number of aliphatic carboxylic acids is 1. The smallest absolute Gasteiger partial charge is 0.307 e. The number of carboxylic acids is 1. The van der Waals surface area contributed by atoms with E-state index in [0.29, 0.717) is 11.6 Å². The molecule has 70 valence electrons. The van der Waals surface area contributed by atoms with Crippen LogP contribution < -0.4 is 5.32 Å². The Morgan fingerprint density at radius 2 is 2.17 bits per heavy atom. The van der Waals surface area contributed by atoms with Gasteiger partial charge in [0.1, 0.15) is 0 Å². The minimum absolute atomic E-state index is 0.0921. The maximum Gasteiger partial charge on any atom is 0.307 e. The number of carboxylic acid groups (broad SMARTS) is 1. The number of amides is 1. The third-order valence-corrected chi connectivity index (χ3v) is 2.30. The van der Waals surface area contributed by atoms with Gasteiger partial charge >= 0.3 is 5.97 Å². The van der Waals surface area contributed by atoms with Crippen LogP contribution in [0.3, 0.4) is 0 Å². The van der Waals surface area contributed by atoms with Crippen molar-refractivity contribution in [2.75, 3.05) is 11.6 Å². The third kappa shape index (κ3) is 6.03. The van der Waals surface area contributed by atoms with Crippen LogP contribution in [0.5, 0.6) is 0 Å². The number of carbonyl (C=O) groups is 2. The van der Waals surface area contributed by atoms with Gasteiger partial charge in [-0.15, -0.1) is 11.8 Å². The zero-order chi connectivity index (χ0) is 9.56. The molecule has 0 spiro atoms. The first-order valence-electron chi connectivity index (χ1n) is 3.59. The molecule has 0 bridgehead atoms. The second kappa shape index (κ2) is 5.88. The zero-order valence-electron chi connectivity index (χ0n) is 7.16. The highest BCUT2D eigenvalue weighted by molar-refractivity contribution is 7.99. The molecule has 0 rings (SSSR count). The molecule has 0 saturated carbocycles. The first kappa shape index (κ1) is 11.3. The van der Waals surface area contributed by atoms with Gasteiger partial charge in [-0.1, -0.05) is 6.92 Å². The summed E-state index contributed by atoms with van der Waals surface area (Å²) in [6, 6.07) is 0. The monoisotopic (exact) mass is 191 g/mol. The standard InChI is InChI=1S/C7H13NO3S/c1-5(7(10)11)3-12-4-8-6(2)9/h5H,3-4H2,1-2H3,(H,8,9)(H,10,11). The molecule has 0 aromatic rings. The average Bonchev–Trinajstić information content (AvgIpc) is 1.97. The lowest BCUT2D eigenvalue weighted by atomic mass is 10.2. The van der Waals surface area contributed by atoms with E-state index in [4.69, 9.17) is 5.11 Å². The van der Waals surface area contributed by atoms with E-state index >= 15 is 0 Å². The van der Waals surface area contributed by atoms with Gasteiger partial charge in [0.15, 0.2) is 0 Å². The summed E-state index contributed by atoms with van der Waals surface area (Å²) in [6.07, 6.45) is 0. The van der Waals surface area contributed by atoms with E-state index in [1.165, 1.54) is 18.7 Å². The van der Waals surface area contributed by atoms with Crippen LogP contribution in [0.25, 0.3) is 0 Å². The van der Waals surface area contributed by atoms with Crippen LogP contribution >= 0.6 is 11.8 Å². The molecule has 0 aliphatic carbocycles. The van der Waals surface area contributed by atoms with E-state index in [0.717, 1.165) is 0 Å². The van der Waals surface area contributed by atoms with Gasteiger partial charge in [0.2, 0.25) is 5.91 Å². The van der Waals surface area contributed by atoms with Crippen molar-refractivity contribution in [2.24, 2.45) is 5.92 Å². The molecule has 12 heavy (non-hydrogen) atoms. The molecule has 0 aliphatic rings. The van der Waals surface area contributed by atoms with Crippen LogP contribution in [0.15, 0.2) is 0 Å². The van der Waals surface area contributed by atoms with E-state index in [1.807, 2.05) is 0 Å². The van der Waals surface area contributed by atoms with Crippen molar-refractivity contribution >= 4 is 23.6 Å². The number of hydrogen-bond acceptors (Lipinski definition) is 3. The first-order valence-corrected chi connectivity index (χ1v) is 4.74. The highest BCUT2D eigenvalue weighted by Crippen LogP contribution is 2.06. The fourth-order valence-electron chi connectivity index (χ4n) is 0.460. The van der Waals surface area contributed by atoms with Crippen molar-refractivity contribution in [3.63, 3.8) is 0 Å². The Morgan fingerprint density at radius 3 is 2.58 bits per heavy atom. The maximum absolute atomic E-state index is 10.4. The molecule has 1 atom stereocenters. The molecule has 0 fully saturated rings. The van der Waals surface area contributed by atoms with E-state index in [1.54, 1.807) is 6.92 Å². The largest absolute Gasteiger partial charge is 0.481 e. The number of hydrogen-bond donors (Lipinski definition) is 2. The van der Waals surface area contributed by atoms with Gasteiger partial charge in [0.05, 0.1) is 11.8 Å². The molecule has 1 amide bonds. The molecular formula is C7H13NO3S. The minimum Gasteiger partial charge on any atom is -0.481 e. The van der Waals surface area contributed by atoms with Crippen molar-refractivity contribution in [3.05, 3.63) is 0 Å². The minimum atomic E-state index is -0.801. The fourth-order valence-corrected chi connectivity index (χ4v) is 1.38. The highest BCUT2D eigenvalue weighted by Gasteiger charge is 2.09. The summed E-state index contributed by atoms with van der Waals surface area (Å²) in [7, 11) is 0. The van der Waals surface area contributed by atoms with Gasteiger partial charge in [-0.25, -0.2) is 0 Å². The summed E-state index contributed by atoms with van der Waals surface area (Å²) in [4.78, 5) is 20.7. The second-order valence-electron chi connectivity index (χ2n) is 2.49. The van der Waals surface area contributed by atoms with Crippen molar-refractivity contribution in [1.82, 2.24) is 5.32 Å². The van der Waals surface area contributed by atoms with Crippen molar-refractivity contribution in [1.29, 1.82) is 0 Å². The van der Waals surface area contributed by atoms with E-state index in [-0.39, 0.29) is 11.8 Å². The molecule has 0 aromatic heterocycles. The molecule has 0 saturated heterocycles. The van der Waals surface area contributed by atoms with Gasteiger partial charge in [0, 0.05) is 12.7 Å². The van der Waals surface area contributed by atoms with Crippen LogP contribution in [0.1, 0.15) is 13.8 Å². The molecule has 0 aromatic carbocycles. The zero-order valence-corrected chi connectivity index (χ0v) is 7.98. The normalized spacial score (nSPS) is 12.2. The number of thioether (sulfide) groups is 1. The first-order chi connectivity index (χ1) is 5.54. The molecule has 1 unspecified atom stereocenters. The van der Waals surface area contributed by atoms with E-state index in [9.17, 15) is 9.59 Å². The van der Waals surface area contributed by atoms with Gasteiger partial charge in [0.25, 0.3) is 0 Å². The fraction of sp³-hybridized carbons (Fsp3) is 0.714. The van der Waals surface area contributed by atoms with E-state index < -0.39 is 5.97 Å². The van der Waals surface area contributed by atoms with Crippen LogP contribution in [-0.2, 0) is 9.59 Å². The Bertz CT molecular complexity index is 172. The highest BCUT2D eigenvalue weighted by atomic mass is 32.2. The summed E-state index contributed by atoms with van der Waals surface area (Å²) in [5.74, 6) is -0.248. The second-order valence-corrected chi connectivity index (χ2v) is 3.52. The Hall–Kier alpha value is -0.710. The van der Waals surface area contributed by atoms with Crippen LogP contribution in [-0.4, -0.2) is 28.6 Å². The lowest BCUT2D eigenvalue weighted by molar-refractivity contribution is -0.140. The topological polar surface area (TPSA) is 66.4 Å². The van der Waals surface area contributed by atoms with Gasteiger partial charge < -0.3 is 10.4 Å². The maximum atomic E-state index is 10.4. The molecule has 2 N–H and O–H groups in total. The SMILES string of the molecule is CC(=O)NCSCC(C)C(=O)O. The molecular weight excluding hydrogens is 178 g/mol. The summed E-state index contributed by atoms with van der Waals surface area (Å²) in [6.45, 7) is 3.07. The molecule has 4 nitrogen and oxygen atoms in total. The van der Waals surface area contributed by atoms with Gasteiger partial charge in [-0.3, -0.25) is 9.59 Å². The lowest BCUT2D eigenvalue weighted by Crippen LogP contribution is -2.20. The summed E-state index contributed by atoms with van der Waals surface area (Å²) >= 11 is 1.41. The summed E-state index contributed by atoms with van der Waals surface area (Å²) in [5.41, 5.74) is 0. The average molecular weight is 191 g/mol. The van der Waals surface area contributed by atoms with Crippen molar-refractivity contribution in [3.8, 4) is 0 Å². The molecule has 0 radical (unpaired) electrons. The quantitative estimate of drug-likeness (QED) is 0.491. The Morgan fingerprint density at radius 1 is 1.58 bits per heavy atom. The predicted molar refractivity (Wildman–Crippen MR) is 47.9 cm³/mol. The van der Waals surface area contributed by atoms with Crippen molar-refractivity contribution < 1.29 is 14.7 Å². The molecule has 5 heteroatoms. The molecule has 0 aliphatic heterocycles. The van der Waals surface area contributed by atoms with E-state index in [2.05, 4.69) is 5.32 Å². The molecule has 0 heterocycles. The summed E-state index contributed by atoms with van der Waals surface area (Å²) in [5, 5.41) is 11.1. The Kier molecular flexibility index (Phi) is 5.53. The van der Waals surface area contributed by atoms with Gasteiger partial charge in [-0.05, 0) is 0 Å². The number of carbonyl (C=O) groups excluding carboxylic acids is 1. The van der Waals surface area contributed by atoms with Crippen molar-refractivity contribution in [2.45, 2.75) is 13.8 Å². The predicted octanol–water partition coefficient (Wildman–Crippen LogP) is 0.534. The van der Waals surface area contributed by atoms with Gasteiger partial charge in [-0.2, -0.15) is 0 Å². The van der Waals surface area contributed by atoms with Crippen LogP contribution in [0, 0.1) is 5.92 Å². The lowest BCUT2D eigenvalue weighted by Gasteiger charge is -2.05. The Labute approximate surface area is 75.7 Å². The summed E-state index contributed by atoms with van der Waals surface area (Å²) < 4.78 is 0. The van der Waals surface area contributed by atoms with Crippen LogP contribution in [0.4, 0.5) is 0 Å².